The van der Waals surface area contributed by atoms with Gasteiger partial charge in [-0.2, -0.15) is 5.26 Å². The first-order valence-corrected chi connectivity index (χ1v) is 9.77. The normalized spacial score (nSPS) is 15.4. The van der Waals surface area contributed by atoms with Crippen LogP contribution in [0, 0.1) is 11.3 Å². The maximum absolute atomic E-state index is 15.4. The summed E-state index contributed by atoms with van der Waals surface area (Å²) in [5.74, 6) is -0.169. The van der Waals surface area contributed by atoms with Crippen molar-refractivity contribution in [2.45, 2.75) is 24.9 Å². The third-order valence-corrected chi connectivity index (χ3v) is 5.41. The molecular formula is C23H20FN5O. The second kappa shape index (κ2) is 8.37. The average Bonchev–Trinajstić information content (AvgIpc) is 2.80. The summed E-state index contributed by atoms with van der Waals surface area (Å²) in [4.78, 5) is 27.2. The van der Waals surface area contributed by atoms with Gasteiger partial charge in [0.25, 0.3) is 5.91 Å². The van der Waals surface area contributed by atoms with Crippen molar-refractivity contribution in [1.82, 2.24) is 19.9 Å². The van der Waals surface area contributed by atoms with E-state index in [0.29, 0.717) is 35.6 Å². The summed E-state index contributed by atoms with van der Waals surface area (Å²) >= 11 is 0. The topological polar surface area (TPSA) is 82.8 Å². The Kier molecular flexibility index (Phi) is 5.48. The van der Waals surface area contributed by atoms with Crippen LogP contribution in [0.4, 0.5) is 4.39 Å². The van der Waals surface area contributed by atoms with E-state index < -0.39 is 5.67 Å². The van der Waals surface area contributed by atoms with Crippen molar-refractivity contribution in [3.05, 3.63) is 77.9 Å². The fourth-order valence-electron chi connectivity index (χ4n) is 3.73. The van der Waals surface area contributed by atoms with Gasteiger partial charge in [-0.25, -0.2) is 14.4 Å². The van der Waals surface area contributed by atoms with Crippen LogP contribution in [0.5, 0.6) is 0 Å². The first kappa shape index (κ1) is 19.6. The molecule has 0 radical (unpaired) electrons. The fraction of sp³-hybridized carbons (Fsp3) is 0.261. The third kappa shape index (κ3) is 4.18. The summed E-state index contributed by atoms with van der Waals surface area (Å²) in [6.45, 7) is 0.674. The zero-order valence-corrected chi connectivity index (χ0v) is 16.3. The molecule has 2 aromatic heterocycles. The maximum atomic E-state index is 15.4. The second-order valence-electron chi connectivity index (χ2n) is 7.42. The monoisotopic (exact) mass is 401 g/mol. The van der Waals surface area contributed by atoms with Crippen LogP contribution in [0.3, 0.4) is 0 Å². The molecule has 1 saturated heterocycles. The standard InChI is InChI=1S/C23H20FN5O/c24-23(14-17-3-5-18(15-25)6-4-17)8-12-29(13-9-23)22(30)19-2-1-10-27-21(19)20-7-11-26-16-28-20/h1-7,10-11,16H,8-9,12-14H2. The van der Waals surface area contributed by atoms with Gasteiger partial charge in [-0.15, -0.1) is 0 Å². The molecule has 0 atom stereocenters. The van der Waals surface area contributed by atoms with E-state index in [0.717, 1.165) is 5.56 Å². The zero-order valence-electron chi connectivity index (χ0n) is 16.3. The maximum Gasteiger partial charge on any atom is 0.256 e. The number of likely N-dealkylation sites (tertiary alicyclic amines) is 1. The average molecular weight is 401 g/mol. The van der Waals surface area contributed by atoms with Crippen LogP contribution in [-0.4, -0.2) is 44.5 Å². The van der Waals surface area contributed by atoms with Crippen LogP contribution in [0.1, 0.15) is 34.3 Å². The smallest absolute Gasteiger partial charge is 0.256 e. The lowest BCUT2D eigenvalue weighted by Crippen LogP contribution is -2.45. The largest absolute Gasteiger partial charge is 0.338 e. The number of amides is 1. The lowest BCUT2D eigenvalue weighted by atomic mass is 9.86. The summed E-state index contributed by atoms with van der Waals surface area (Å²) in [5.41, 5.74) is 1.58. The molecule has 0 aliphatic carbocycles. The minimum absolute atomic E-state index is 0.169. The van der Waals surface area contributed by atoms with Gasteiger partial charge in [-0.1, -0.05) is 12.1 Å². The fourth-order valence-corrected chi connectivity index (χ4v) is 3.73. The molecule has 3 aromatic rings. The number of benzene rings is 1. The Bertz CT molecular complexity index is 1070. The minimum Gasteiger partial charge on any atom is -0.338 e. The Morgan fingerprint density at radius 1 is 1.10 bits per heavy atom. The van der Waals surface area contributed by atoms with E-state index in [2.05, 4.69) is 21.0 Å². The van der Waals surface area contributed by atoms with Crippen molar-refractivity contribution in [1.29, 1.82) is 5.26 Å². The van der Waals surface area contributed by atoms with E-state index >= 15 is 4.39 Å². The summed E-state index contributed by atoms with van der Waals surface area (Å²) in [7, 11) is 0. The molecule has 0 saturated carbocycles. The molecule has 150 valence electrons. The molecule has 0 spiro atoms. The molecule has 1 aliphatic heterocycles. The minimum atomic E-state index is -1.37. The molecule has 1 aromatic carbocycles. The van der Waals surface area contributed by atoms with Crippen molar-refractivity contribution >= 4 is 5.91 Å². The van der Waals surface area contributed by atoms with Crippen LogP contribution in [0.2, 0.25) is 0 Å². The van der Waals surface area contributed by atoms with E-state index in [1.165, 1.54) is 6.33 Å². The molecule has 6 nitrogen and oxygen atoms in total. The highest BCUT2D eigenvalue weighted by atomic mass is 19.1. The lowest BCUT2D eigenvalue weighted by molar-refractivity contribution is 0.0437. The van der Waals surface area contributed by atoms with Crippen LogP contribution in [-0.2, 0) is 6.42 Å². The Hall–Kier alpha value is -3.66. The van der Waals surface area contributed by atoms with E-state index in [-0.39, 0.29) is 25.2 Å². The number of aromatic nitrogens is 3. The van der Waals surface area contributed by atoms with E-state index in [1.54, 1.807) is 59.8 Å². The van der Waals surface area contributed by atoms with Gasteiger partial charge in [0.15, 0.2) is 0 Å². The molecule has 3 heterocycles. The number of piperidine rings is 1. The van der Waals surface area contributed by atoms with E-state index in [4.69, 9.17) is 5.26 Å². The highest BCUT2D eigenvalue weighted by molar-refractivity contribution is 5.99. The number of alkyl halides is 1. The molecule has 30 heavy (non-hydrogen) atoms. The lowest BCUT2D eigenvalue weighted by Gasteiger charge is -2.36. The van der Waals surface area contributed by atoms with Crippen LogP contribution in [0.25, 0.3) is 11.4 Å². The molecule has 0 N–H and O–H groups in total. The van der Waals surface area contributed by atoms with Gasteiger partial charge in [-0.3, -0.25) is 9.78 Å². The summed E-state index contributed by atoms with van der Waals surface area (Å²) in [6, 6.07) is 14.2. The number of halogens is 1. The third-order valence-electron chi connectivity index (χ3n) is 5.41. The number of hydrogen-bond acceptors (Lipinski definition) is 5. The molecule has 4 rings (SSSR count). The van der Waals surface area contributed by atoms with Crippen molar-refractivity contribution in [3.8, 4) is 17.5 Å². The number of nitrogens with zero attached hydrogens (tertiary/aromatic N) is 5. The summed E-state index contributed by atoms with van der Waals surface area (Å²) < 4.78 is 15.4. The van der Waals surface area contributed by atoms with Crippen molar-refractivity contribution in [2.75, 3.05) is 13.1 Å². The number of nitriles is 1. The Morgan fingerprint density at radius 3 is 2.53 bits per heavy atom. The van der Waals surface area contributed by atoms with Gasteiger partial charge in [-0.05, 0) is 48.7 Å². The highest BCUT2D eigenvalue weighted by Crippen LogP contribution is 2.32. The first-order valence-electron chi connectivity index (χ1n) is 9.77. The quantitative estimate of drug-likeness (QED) is 0.667. The molecule has 1 aliphatic rings. The number of rotatable bonds is 4. The molecule has 1 amide bonds. The van der Waals surface area contributed by atoms with Gasteiger partial charge in [0, 0.05) is 31.9 Å². The number of carbonyl (C=O) groups is 1. The molecule has 0 unspecified atom stereocenters. The number of hydrogen-bond donors (Lipinski definition) is 0. The van der Waals surface area contributed by atoms with Gasteiger partial charge in [0.2, 0.25) is 0 Å². The number of carbonyl (C=O) groups excluding carboxylic acids is 1. The van der Waals surface area contributed by atoms with Gasteiger partial charge in [0.05, 0.1) is 22.9 Å². The van der Waals surface area contributed by atoms with Crippen molar-refractivity contribution in [2.24, 2.45) is 0 Å². The zero-order chi connectivity index (χ0) is 21.0. The Balaban J connectivity index is 1.45. The summed E-state index contributed by atoms with van der Waals surface area (Å²) in [6.07, 6.45) is 5.45. The predicted molar refractivity (Wildman–Crippen MR) is 109 cm³/mol. The van der Waals surface area contributed by atoms with E-state index in [9.17, 15) is 4.79 Å². The predicted octanol–water partition coefficient (Wildman–Crippen LogP) is 3.60. The molecule has 1 fully saturated rings. The van der Waals surface area contributed by atoms with Crippen LogP contribution < -0.4 is 0 Å². The van der Waals surface area contributed by atoms with Crippen LogP contribution >= 0.6 is 0 Å². The second-order valence-corrected chi connectivity index (χ2v) is 7.42. The summed E-state index contributed by atoms with van der Waals surface area (Å²) in [5, 5.41) is 8.89. The first-order chi connectivity index (χ1) is 14.6. The Labute approximate surface area is 174 Å². The van der Waals surface area contributed by atoms with Gasteiger partial charge >= 0.3 is 0 Å². The molecular weight excluding hydrogens is 381 g/mol. The molecule has 0 bridgehead atoms. The Morgan fingerprint density at radius 2 is 1.87 bits per heavy atom. The van der Waals surface area contributed by atoms with Crippen molar-refractivity contribution in [3.63, 3.8) is 0 Å². The van der Waals surface area contributed by atoms with Crippen molar-refractivity contribution < 1.29 is 9.18 Å². The number of pyridine rings is 1. The van der Waals surface area contributed by atoms with Crippen LogP contribution in [0.15, 0.2) is 61.2 Å². The SMILES string of the molecule is N#Cc1ccc(CC2(F)CCN(C(=O)c3cccnc3-c3ccncn3)CC2)cc1. The van der Waals surface area contributed by atoms with Gasteiger partial charge in [0.1, 0.15) is 17.7 Å². The highest BCUT2D eigenvalue weighted by Gasteiger charge is 2.36. The van der Waals surface area contributed by atoms with E-state index in [1.807, 2.05) is 0 Å². The van der Waals surface area contributed by atoms with Gasteiger partial charge < -0.3 is 4.90 Å². The molecule has 7 heteroatoms.